The summed E-state index contributed by atoms with van der Waals surface area (Å²) >= 11 is 1.16. The fourth-order valence-corrected chi connectivity index (χ4v) is 3.65. The van der Waals surface area contributed by atoms with Crippen molar-refractivity contribution in [3.63, 3.8) is 0 Å². The van der Waals surface area contributed by atoms with E-state index in [1.54, 1.807) is 0 Å². The third-order valence-corrected chi connectivity index (χ3v) is 5.09. The number of carbonyl (C=O) groups excluding carboxylic acids is 1. The Hall–Kier alpha value is -3.34. The predicted octanol–water partition coefficient (Wildman–Crippen LogP) is 2.62. The molecule has 2 N–H and O–H groups in total. The van der Waals surface area contributed by atoms with E-state index in [1.165, 1.54) is 30.7 Å². The summed E-state index contributed by atoms with van der Waals surface area (Å²) in [5.41, 5.74) is 3.15. The molecule has 0 aliphatic carbocycles. The molecule has 0 saturated carbocycles. The van der Waals surface area contributed by atoms with Gasteiger partial charge in [-0.15, -0.1) is 0 Å². The monoisotopic (exact) mass is 412 g/mol. The molecule has 0 saturated heterocycles. The normalized spacial score (nSPS) is 12.8. The number of nitrogens with one attached hydrogen (secondary N) is 2. The smallest absolute Gasteiger partial charge is 0.387 e. The second-order valence-corrected chi connectivity index (χ2v) is 7.39. The lowest BCUT2D eigenvalue weighted by molar-refractivity contribution is 0.201. The summed E-state index contributed by atoms with van der Waals surface area (Å²) in [4.78, 5) is 31.0. The van der Waals surface area contributed by atoms with Gasteiger partial charge < -0.3 is 20.3 Å². The van der Waals surface area contributed by atoms with Gasteiger partial charge in [0, 0.05) is 43.6 Å². The van der Waals surface area contributed by atoms with Gasteiger partial charge in [-0.3, -0.25) is 4.98 Å². The minimum atomic E-state index is -0.635. The lowest BCUT2D eigenvalue weighted by Crippen LogP contribution is -2.28. The van der Waals surface area contributed by atoms with Crippen LogP contribution in [0, 0.1) is 0 Å². The SMILES string of the molecule is CNC(=O)Oc1nccnc1Nc1nc(-c2cc3c(cn2)N(C(C)C)CC3)ns1. The average molecular weight is 412 g/mol. The van der Waals surface area contributed by atoms with Crippen molar-refractivity contribution < 1.29 is 9.53 Å². The zero-order valence-corrected chi connectivity index (χ0v) is 17.0. The Morgan fingerprint density at radius 2 is 2.10 bits per heavy atom. The molecule has 0 radical (unpaired) electrons. The van der Waals surface area contributed by atoms with Crippen LogP contribution in [0.15, 0.2) is 24.7 Å². The fourth-order valence-electron chi connectivity index (χ4n) is 3.07. The highest BCUT2D eigenvalue weighted by Gasteiger charge is 2.23. The largest absolute Gasteiger partial charge is 0.413 e. The molecule has 4 rings (SSSR count). The zero-order chi connectivity index (χ0) is 20.4. The first kappa shape index (κ1) is 19.0. The number of hydrogen-bond acceptors (Lipinski definition) is 10. The van der Waals surface area contributed by atoms with Crippen LogP contribution in [-0.4, -0.2) is 50.0 Å². The van der Waals surface area contributed by atoms with Crippen molar-refractivity contribution in [3.05, 3.63) is 30.2 Å². The van der Waals surface area contributed by atoms with Crippen LogP contribution in [0.3, 0.4) is 0 Å². The lowest BCUT2D eigenvalue weighted by atomic mass is 10.2. The summed E-state index contributed by atoms with van der Waals surface area (Å²) in [5.74, 6) is 0.849. The Labute approximate surface area is 171 Å². The van der Waals surface area contributed by atoms with Crippen LogP contribution in [0.5, 0.6) is 5.88 Å². The molecular formula is C18H20N8O2S. The molecule has 29 heavy (non-hydrogen) atoms. The Kier molecular flexibility index (Phi) is 5.21. The van der Waals surface area contributed by atoms with Crippen LogP contribution in [0.25, 0.3) is 11.5 Å². The number of ether oxygens (including phenoxy) is 1. The highest BCUT2D eigenvalue weighted by Crippen LogP contribution is 2.32. The van der Waals surface area contributed by atoms with Crippen LogP contribution in [0.4, 0.5) is 21.4 Å². The third-order valence-electron chi connectivity index (χ3n) is 4.46. The quantitative estimate of drug-likeness (QED) is 0.652. The van der Waals surface area contributed by atoms with Gasteiger partial charge in [-0.1, -0.05) is 0 Å². The number of aromatic nitrogens is 5. The maximum Gasteiger partial charge on any atom is 0.413 e. The first-order valence-electron chi connectivity index (χ1n) is 9.12. The van der Waals surface area contributed by atoms with Gasteiger partial charge in [-0.25, -0.2) is 14.8 Å². The fraction of sp³-hybridized carbons (Fsp3) is 0.333. The summed E-state index contributed by atoms with van der Waals surface area (Å²) in [6.07, 6.45) is 5.17. The molecule has 1 aliphatic rings. The maximum atomic E-state index is 11.5. The topological polar surface area (TPSA) is 118 Å². The van der Waals surface area contributed by atoms with Crippen LogP contribution < -0.4 is 20.3 Å². The van der Waals surface area contributed by atoms with Gasteiger partial charge in [0.1, 0.15) is 5.69 Å². The van der Waals surface area contributed by atoms with E-state index in [-0.39, 0.29) is 11.7 Å². The van der Waals surface area contributed by atoms with Gasteiger partial charge in [0.2, 0.25) is 5.13 Å². The van der Waals surface area contributed by atoms with E-state index in [2.05, 4.69) is 53.7 Å². The third kappa shape index (κ3) is 3.94. The number of amides is 1. The van der Waals surface area contributed by atoms with Gasteiger partial charge in [-0.05, 0) is 31.9 Å². The molecule has 0 bridgehead atoms. The van der Waals surface area contributed by atoms with E-state index in [0.717, 1.165) is 30.2 Å². The Bertz CT molecular complexity index is 1040. The lowest BCUT2D eigenvalue weighted by Gasteiger charge is -2.23. The van der Waals surface area contributed by atoms with Crippen molar-refractivity contribution >= 4 is 34.3 Å². The molecule has 3 aromatic heterocycles. The van der Waals surface area contributed by atoms with Gasteiger partial charge >= 0.3 is 6.09 Å². The second kappa shape index (κ2) is 7.95. The van der Waals surface area contributed by atoms with E-state index >= 15 is 0 Å². The van der Waals surface area contributed by atoms with Crippen molar-refractivity contribution in [1.29, 1.82) is 0 Å². The predicted molar refractivity (Wildman–Crippen MR) is 110 cm³/mol. The Morgan fingerprint density at radius 1 is 1.28 bits per heavy atom. The van der Waals surface area contributed by atoms with E-state index in [1.807, 2.05) is 12.3 Å². The summed E-state index contributed by atoms with van der Waals surface area (Å²) in [6.45, 7) is 5.35. The molecule has 0 aromatic carbocycles. The van der Waals surface area contributed by atoms with Gasteiger partial charge in [0.15, 0.2) is 11.6 Å². The first-order valence-corrected chi connectivity index (χ1v) is 9.89. The molecule has 150 valence electrons. The number of fused-ring (bicyclic) bond motifs is 1. The van der Waals surface area contributed by atoms with Gasteiger partial charge in [0.05, 0.1) is 11.9 Å². The number of carbonyl (C=O) groups is 1. The molecule has 3 aromatic rings. The minimum Gasteiger partial charge on any atom is -0.387 e. The summed E-state index contributed by atoms with van der Waals surface area (Å²) in [6, 6.07) is 2.49. The van der Waals surface area contributed by atoms with Crippen molar-refractivity contribution in [2.45, 2.75) is 26.3 Å². The van der Waals surface area contributed by atoms with Crippen molar-refractivity contribution in [2.24, 2.45) is 0 Å². The van der Waals surface area contributed by atoms with E-state index in [9.17, 15) is 4.79 Å². The molecule has 0 atom stereocenters. The molecule has 10 nitrogen and oxygen atoms in total. The molecule has 0 spiro atoms. The highest BCUT2D eigenvalue weighted by molar-refractivity contribution is 7.09. The molecule has 4 heterocycles. The number of hydrogen-bond donors (Lipinski definition) is 2. The first-order chi connectivity index (χ1) is 14.0. The number of pyridine rings is 1. The average Bonchev–Trinajstić information content (AvgIpc) is 3.35. The van der Waals surface area contributed by atoms with E-state index in [4.69, 9.17) is 4.74 Å². The van der Waals surface area contributed by atoms with Gasteiger partial charge in [0.25, 0.3) is 5.88 Å². The number of nitrogens with zero attached hydrogens (tertiary/aromatic N) is 6. The van der Waals surface area contributed by atoms with Crippen LogP contribution in [0.1, 0.15) is 19.4 Å². The number of anilines is 3. The minimum absolute atomic E-state index is 0.0491. The summed E-state index contributed by atoms with van der Waals surface area (Å²) in [5, 5.41) is 5.86. The van der Waals surface area contributed by atoms with Crippen molar-refractivity contribution in [3.8, 4) is 17.4 Å². The van der Waals surface area contributed by atoms with Crippen LogP contribution >= 0.6 is 11.5 Å². The molecule has 11 heteroatoms. The maximum absolute atomic E-state index is 11.5. The van der Waals surface area contributed by atoms with Crippen LogP contribution in [-0.2, 0) is 6.42 Å². The van der Waals surface area contributed by atoms with Crippen molar-refractivity contribution in [2.75, 3.05) is 23.8 Å². The Morgan fingerprint density at radius 3 is 2.90 bits per heavy atom. The molecule has 0 unspecified atom stereocenters. The molecule has 0 fully saturated rings. The van der Waals surface area contributed by atoms with Gasteiger partial charge in [-0.2, -0.15) is 9.36 Å². The van der Waals surface area contributed by atoms with Crippen LogP contribution in [0.2, 0.25) is 0 Å². The second-order valence-electron chi connectivity index (χ2n) is 6.63. The number of rotatable bonds is 5. The summed E-state index contributed by atoms with van der Waals surface area (Å²) < 4.78 is 9.48. The standard InChI is InChI=1S/C18H20N8O2S/c1-10(2)26-7-4-11-8-12(22-9-13(11)26)14-23-17(29-25-14)24-15-16(21-6-5-20-15)28-18(27)19-3/h5-6,8-10H,4,7H2,1-3H3,(H,19,27)(H,20,23,24,25). The molecule has 1 amide bonds. The van der Waals surface area contributed by atoms with E-state index in [0.29, 0.717) is 17.0 Å². The Balaban J connectivity index is 1.54. The van der Waals surface area contributed by atoms with E-state index < -0.39 is 6.09 Å². The molecular weight excluding hydrogens is 392 g/mol. The molecule has 1 aliphatic heterocycles. The zero-order valence-electron chi connectivity index (χ0n) is 16.2. The van der Waals surface area contributed by atoms with Crippen molar-refractivity contribution in [1.82, 2.24) is 29.6 Å². The summed E-state index contributed by atoms with van der Waals surface area (Å²) in [7, 11) is 1.47. The highest BCUT2D eigenvalue weighted by atomic mass is 32.1.